The predicted octanol–water partition coefficient (Wildman–Crippen LogP) is 1.91. The first kappa shape index (κ1) is 20.1. The molecule has 0 unspecified atom stereocenters. The number of esters is 1. The molecule has 9 heteroatoms. The Morgan fingerprint density at radius 3 is 2.15 bits per heavy atom. The van der Waals surface area contributed by atoms with Gasteiger partial charge in [0.15, 0.2) is 0 Å². The first-order valence-corrected chi connectivity index (χ1v) is 9.74. The van der Waals surface area contributed by atoms with E-state index in [1.54, 1.807) is 26.0 Å². The molecule has 0 atom stereocenters. The Bertz CT molecular complexity index is 794. The van der Waals surface area contributed by atoms with Gasteiger partial charge in [0.2, 0.25) is 0 Å². The molecule has 0 bridgehead atoms. The SMILES string of the molecule is CCC(C)(C)C(=O)OCCCS(=O)(=O)ON1C(=O)c2ccccc2C1=O. The number of carbonyl (C=O) groups excluding carboxylic acids is 3. The van der Waals surface area contributed by atoms with Crippen LogP contribution in [0.1, 0.15) is 54.3 Å². The van der Waals surface area contributed by atoms with Crippen molar-refractivity contribution in [3.05, 3.63) is 35.4 Å². The molecule has 1 aromatic rings. The van der Waals surface area contributed by atoms with Gasteiger partial charge in [-0.15, -0.1) is 9.35 Å². The number of ether oxygens (including phenoxy) is 1. The third-order valence-corrected chi connectivity index (χ3v) is 5.32. The molecule has 1 aliphatic rings. The van der Waals surface area contributed by atoms with Gasteiger partial charge in [0, 0.05) is 0 Å². The largest absolute Gasteiger partial charge is 0.465 e. The maximum atomic E-state index is 12.1. The van der Waals surface area contributed by atoms with Gasteiger partial charge in [-0.1, -0.05) is 19.1 Å². The third kappa shape index (κ3) is 4.28. The summed E-state index contributed by atoms with van der Waals surface area (Å²) in [5.74, 6) is -2.57. The number of hydrogen-bond donors (Lipinski definition) is 0. The lowest BCUT2D eigenvalue weighted by molar-refractivity contribution is -0.154. The van der Waals surface area contributed by atoms with Crippen molar-refractivity contribution in [2.45, 2.75) is 33.6 Å². The molecule has 0 aromatic heterocycles. The van der Waals surface area contributed by atoms with Crippen LogP contribution < -0.4 is 0 Å². The Morgan fingerprint density at radius 2 is 1.65 bits per heavy atom. The van der Waals surface area contributed by atoms with Crippen LogP contribution in [-0.2, 0) is 23.9 Å². The van der Waals surface area contributed by atoms with Gasteiger partial charge in [-0.2, -0.15) is 8.42 Å². The smallest absolute Gasteiger partial charge is 0.311 e. The number of hydroxylamine groups is 2. The van der Waals surface area contributed by atoms with Crippen LogP contribution in [0.2, 0.25) is 0 Å². The van der Waals surface area contributed by atoms with Crippen molar-refractivity contribution in [3.8, 4) is 0 Å². The highest BCUT2D eigenvalue weighted by molar-refractivity contribution is 7.86. The zero-order valence-electron chi connectivity index (χ0n) is 14.9. The summed E-state index contributed by atoms with van der Waals surface area (Å²) in [4.78, 5) is 36.0. The molecule has 0 N–H and O–H groups in total. The van der Waals surface area contributed by atoms with E-state index >= 15 is 0 Å². The molecule has 0 radical (unpaired) electrons. The average molecular weight is 383 g/mol. The van der Waals surface area contributed by atoms with E-state index in [0.29, 0.717) is 6.42 Å². The molecule has 0 saturated carbocycles. The molecule has 1 heterocycles. The maximum absolute atomic E-state index is 12.1. The molecule has 1 aliphatic heterocycles. The number of benzene rings is 1. The lowest BCUT2D eigenvalue weighted by Gasteiger charge is -2.20. The highest BCUT2D eigenvalue weighted by Crippen LogP contribution is 2.24. The predicted molar refractivity (Wildman–Crippen MR) is 91.5 cm³/mol. The Labute approximate surface area is 152 Å². The molecule has 0 fully saturated rings. The highest BCUT2D eigenvalue weighted by atomic mass is 32.2. The van der Waals surface area contributed by atoms with Crippen LogP contribution in [0, 0.1) is 5.41 Å². The first-order chi connectivity index (χ1) is 12.1. The standard InChI is InChI=1S/C17H21NO7S/c1-4-17(2,3)16(21)24-10-7-11-26(22,23)25-18-14(19)12-8-5-6-9-13(12)15(18)20/h5-6,8-9H,4,7,10-11H2,1-3H3. The van der Waals surface area contributed by atoms with Crippen LogP contribution in [0.4, 0.5) is 0 Å². The summed E-state index contributed by atoms with van der Waals surface area (Å²) in [6.45, 7) is 5.21. The van der Waals surface area contributed by atoms with Crippen LogP contribution in [-0.4, -0.2) is 43.6 Å². The normalized spacial score (nSPS) is 14.5. The minimum atomic E-state index is -4.19. The fourth-order valence-electron chi connectivity index (χ4n) is 2.13. The van der Waals surface area contributed by atoms with Crippen LogP contribution in [0.25, 0.3) is 0 Å². The number of rotatable bonds is 8. The van der Waals surface area contributed by atoms with Gasteiger partial charge < -0.3 is 4.74 Å². The lowest BCUT2D eigenvalue weighted by atomic mass is 9.91. The van der Waals surface area contributed by atoms with E-state index in [2.05, 4.69) is 4.28 Å². The first-order valence-electron chi connectivity index (χ1n) is 8.16. The topological polar surface area (TPSA) is 107 Å². The molecule has 0 saturated heterocycles. The summed E-state index contributed by atoms with van der Waals surface area (Å²) in [6, 6.07) is 5.96. The number of amides is 2. The van der Waals surface area contributed by atoms with Crippen molar-refractivity contribution < 1.29 is 31.8 Å². The quantitative estimate of drug-likeness (QED) is 0.383. The molecule has 2 rings (SSSR count). The molecule has 142 valence electrons. The summed E-state index contributed by atoms with van der Waals surface area (Å²) in [7, 11) is -4.19. The van der Waals surface area contributed by atoms with Crippen LogP contribution in [0.3, 0.4) is 0 Å². The highest BCUT2D eigenvalue weighted by Gasteiger charge is 2.39. The van der Waals surface area contributed by atoms with Crippen molar-refractivity contribution >= 4 is 27.9 Å². The van der Waals surface area contributed by atoms with E-state index in [0.717, 1.165) is 0 Å². The van der Waals surface area contributed by atoms with Gasteiger partial charge in [0.05, 0.1) is 28.9 Å². The zero-order valence-corrected chi connectivity index (χ0v) is 15.7. The van der Waals surface area contributed by atoms with E-state index in [1.807, 2.05) is 6.92 Å². The molecule has 2 amide bonds. The number of hydrogen-bond acceptors (Lipinski definition) is 7. The summed E-state index contributed by atoms with van der Waals surface area (Å²) in [6.07, 6.45) is 0.573. The van der Waals surface area contributed by atoms with Crippen molar-refractivity contribution in [3.63, 3.8) is 0 Å². The van der Waals surface area contributed by atoms with E-state index < -0.39 is 39.1 Å². The van der Waals surface area contributed by atoms with E-state index in [-0.39, 0.29) is 29.2 Å². The van der Waals surface area contributed by atoms with Gasteiger partial charge in [0.1, 0.15) is 0 Å². The Morgan fingerprint density at radius 1 is 1.12 bits per heavy atom. The molecular weight excluding hydrogens is 362 g/mol. The Hall–Kier alpha value is -2.26. The van der Waals surface area contributed by atoms with Crippen LogP contribution in [0.15, 0.2) is 24.3 Å². The minimum absolute atomic E-state index is 0.0168. The minimum Gasteiger partial charge on any atom is -0.465 e. The van der Waals surface area contributed by atoms with Crippen molar-refractivity contribution in [2.75, 3.05) is 12.4 Å². The van der Waals surface area contributed by atoms with E-state index in [1.165, 1.54) is 12.1 Å². The number of carbonyl (C=O) groups is 3. The molecule has 26 heavy (non-hydrogen) atoms. The maximum Gasteiger partial charge on any atom is 0.311 e. The number of fused-ring (bicyclic) bond motifs is 1. The van der Waals surface area contributed by atoms with Crippen LogP contribution in [0.5, 0.6) is 0 Å². The van der Waals surface area contributed by atoms with Gasteiger partial charge >= 0.3 is 5.97 Å². The monoisotopic (exact) mass is 383 g/mol. The second-order valence-corrected chi connectivity index (χ2v) is 8.19. The average Bonchev–Trinajstić information content (AvgIpc) is 2.83. The molecule has 0 spiro atoms. The van der Waals surface area contributed by atoms with Crippen molar-refractivity contribution in [1.29, 1.82) is 0 Å². The molecule has 1 aromatic carbocycles. The van der Waals surface area contributed by atoms with E-state index in [9.17, 15) is 22.8 Å². The second-order valence-electron chi connectivity index (χ2n) is 6.51. The third-order valence-electron chi connectivity index (χ3n) is 4.15. The number of imide groups is 1. The Balaban J connectivity index is 1.89. The molecule has 8 nitrogen and oxygen atoms in total. The van der Waals surface area contributed by atoms with E-state index in [4.69, 9.17) is 4.74 Å². The number of nitrogens with zero attached hydrogens (tertiary/aromatic N) is 1. The van der Waals surface area contributed by atoms with Crippen molar-refractivity contribution in [1.82, 2.24) is 5.06 Å². The summed E-state index contributed by atoms with van der Waals surface area (Å²) in [5.41, 5.74) is -0.470. The van der Waals surface area contributed by atoms with Crippen molar-refractivity contribution in [2.24, 2.45) is 5.41 Å². The molecule has 0 aliphatic carbocycles. The second kappa shape index (κ2) is 7.55. The van der Waals surface area contributed by atoms with Gasteiger partial charge in [-0.25, -0.2) is 0 Å². The summed E-state index contributed by atoms with van der Waals surface area (Å²) >= 11 is 0. The summed E-state index contributed by atoms with van der Waals surface area (Å²) < 4.78 is 33.8. The van der Waals surface area contributed by atoms with Gasteiger partial charge in [-0.3, -0.25) is 14.4 Å². The lowest BCUT2D eigenvalue weighted by Crippen LogP contribution is -2.34. The fraction of sp³-hybridized carbons (Fsp3) is 0.471. The fourth-order valence-corrected chi connectivity index (χ4v) is 3.03. The molecular formula is C17H21NO7S. The van der Waals surface area contributed by atoms with Crippen LogP contribution >= 0.6 is 0 Å². The summed E-state index contributed by atoms with van der Waals surface area (Å²) in [5, 5.41) is 0.242. The zero-order chi connectivity index (χ0) is 19.5. The Kier molecular flexibility index (Phi) is 5.82. The van der Waals surface area contributed by atoms with Gasteiger partial charge in [0.25, 0.3) is 21.9 Å². The van der Waals surface area contributed by atoms with Gasteiger partial charge in [-0.05, 0) is 38.8 Å².